The molecule has 48 heavy (non-hydrogen) atoms. The molecule has 8 nitrogen and oxygen atoms in total. The van der Waals surface area contributed by atoms with Gasteiger partial charge < -0.3 is 9.97 Å². The summed E-state index contributed by atoms with van der Waals surface area (Å²) < 4.78 is 0. The predicted octanol–water partition coefficient (Wildman–Crippen LogP) is 7.33. The molecule has 2 N–H and O–H groups in total. The van der Waals surface area contributed by atoms with Gasteiger partial charge in [-0.3, -0.25) is 19.4 Å². The van der Waals surface area contributed by atoms with E-state index in [1.807, 2.05) is 50.5 Å². The number of imidazole rings is 2. The summed E-state index contributed by atoms with van der Waals surface area (Å²) in [6, 6.07) is 16.9. The number of benzene rings is 2. The first-order valence-electron chi connectivity index (χ1n) is 17.3. The lowest BCUT2D eigenvalue weighted by molar-refractivity contribution is 0.0655. The number of nitrogens with one attached hydrogen (secondary N) is 2. The topological polar surface area (TPSA) is 98.0 Å². The van der Waals surface area contributed by atoms with Crippen molar-refractivity contribution in [3.63, 3.8) is 0 Å². The van der Waals surface area contributed by atoms with Crippen molar-refractivity contribution < 1.29 is 9.59 Å². The number of hydrogen-bond donors (Lipinski definition) is 2. The number of H-pyrrole nitrogens is 2. The summed E-state index contributed by atoms with van der Waals surface area (Å²) in [6.45, 7) is 12.6. The van der Waals surface area contributed by atoms with E-state index >= 15 is 0 Å². The van der Waals surface area contributed by atoms with Gasteiger partial charge in [0.05, 0.1) is 35.1 Å². The molecule has 2 aliphatic heterocycles. The van der Waals surface area contributed by atoms with Gasteiger partial charge in [-0.1, -0.05) is 56.9 Å². The van der Waals surface area contributed by atoms with E-state index in [-0.39, 0.29) is 30.1 Å². The second kappa shape index (κ2) is 14.0. The van der Waals surface area contributed by atoms with Gasteiger partial charge in [0.15, 0.2) is 0 Å². The number of nitrogens with zero attached hydrogens (tertiary/aromatic N) is 4. The van der Waals surface area contributed by atoms with E-state index in [4.69, 9.17) is 9.97 Å². The molecule has 0 spiro atoms. The molecular weight excluding hydrogens is 596 g/mol. The lowest BCUT2D eigenvalue weighted by Crippen LogP contribution is -2.54. The molecule has 0 aliphatic carbocycles. The maximum Gasteiger partial charge on any atom is 0.220 e. The van der Waals surface area contributed by atoms with E-state index in [0.717, 1.165) is 77.4 Å². The van der Waals surface area contributed by atoms with E-state index in [0.29, 0.717) is 6.04 Å². The molecule has 2 aliphatic rings. The fourth-order valence-electron chi connectivity index (χ4n) is 7.57. The van der Waals surface area contributed by atoms with Gasteiger partial charge in [-0.2, -0.15) is 0 Å². The van der Waals surface area contributed by atoms with Crippen LogP contribution >= 0.6 is 0 Å². The molecule has 0 saturated carbocycles. The average molecular weight is 643 g/mol. The fourth-order valence-corrected chi connectivity index (χ4v) is 7.57. The minimum absolute atomic E-state index is 0.0522. The van der Waals surface area contributed by atoms with E-state index in [1.165, 1.54) is 0 Å². The zero-order chi connectivity index (χ0) is 34.0. The maximum absolute atomic E-state index is 12.1. The van der Waals surface area contributed by atoms with Crippen molar-refractivity contribution >= 4 is 12.6 Å². The Morgan fingerprint density at radius 3 is 1.77 bits per heavy atom. The summed E-state index contributed by atoms with van der Waals surface area (Å²) in [5.74, 6) is 8.51. The first-order chi connectivity index (χ1) is 23.2. The smallest absolute Gasteiger partial charge is 0.220 e. The van der Waals surface area contributed by atoms with Crippen molar-refractivity contribution in [1.82, 2.24) is 29.7 Å². The molecule has 2 aromatic heterocycles. The molecule has 0 amide bonds. The van der Waals surface area contributed by atoms with Crippen molar-refractivity contribution in [2.75, 3.05) is 0 Å². The zero-order valence-electron chi connectivity index (χ0n) is 28.9. The highest BCUT2D eigenvalue weighted by Gasteiger charge is 2.47. The first kappa shape index (κ1) is 33.6. The van der Waals surface area contributed by atoms with Gasteiger partial charge in [-0.05, 0) is 83.1 Å². The molecule has 2 aromatic carbocycles. The molecule has 2 radical (unpaired) electrons. The average Bonchev–Trinajstić information content (AvgIpc) is 3.92. The van der Waals surface area contributed by atoms with Crippen LogP contribution < -0.4 is 0 Å². The normalized spacial score (nSPS) is 23.5. The van der Waals surface area contributed by atoms with E-state index in [9.17, 15) is 9.59 Å². The molecule has 2 saturated heterocycles. The molecule has 248 valence electrons. The molecule has 6 rings (SSSR count). The Balaban J connectivity index is 1.11. The molecule has 6 atom stereocenters. The van der Waals surface area contributed by atoms with Gasteiger partial charge in [-0.25, -0.2) is 9.97 Å². The predicted molar refractivity (Wildman–Crippen MR) is 189 cm³/mol. The van der Waals surface area contributed by atoms with Gasteiger partial charge in [0.2, 0.25) is 12.6 Å². The Labute approximate surface area is 284 Å². The summed E-state index contributed by atoms with van der Waals surface area (Å²) in [4.78, 5) is 45.0. The standard InChI is InChI=1S/C40H46N6O2/c1-7-33(24-47)45-27(4)8-20-36(45)38-41-22-34(43-38)31-16-12-29(13-17-31)10-11-30-14-18-32(19-15-30)35-23-42-39(44-35)37-21-9-28(5)46(37)40(6,25-48)26(2)3/h12-19,22-23,26-28,33,36-37H,7-9,20-21H2,1-6H3,(H,41,43)(H,42,44)/t27-,28-,33-,36-,37-,40+/m0/s1. The van der Waals surface area contributed by atoms with E-state index < -0.39 is 5.54 Å². The van der Waals surface area contributed by atoms with Crippen LogP contribution in [0.25, 0.3) is 22.5 Å². The van der Waals surface area contributed by atoms with Crippen LogP contribution in [0.1, 0.15) is 109 Å². The third kappa shape index (κ3) is 6.42. The summed E-state index contributed by atoms with van der Waals surface area (Å²) in [5.41, 5.74) is 4.99. The van der Waals surface area contributed by atoms with Crippen molar-refractivity contribution in [3.05, 3.63) is 83.7 Å². The highest BCUT2D eigenvalue weighted by atomic mass is 16.1. The van der Waals surface area contributed by atoms with Gasteiger partial charge >= 0.3 is 0 Å². The van der Waals surface area contributed by atoms with E-state index in [1.54, 1.807) is 0 Å². The van der Waals surface area contributed by atoms with Gasteiger partial charge in [0.25, 0.3) is 0 Å². The lowest BCUT2D eigenvalue weighted by Gasteiger charge is -2.42. The number of aromatic amines is 2. The number of aromatic nitrogens is 4. The second-order valence-corrected chi connectivity index (χ2v) is 13.9. The molecular formula is C40H46N6O2. The van der Waals surface area contributed by atoms with Crippen LogP contribution in [0.4, 0.5) is 0 Å². The van der Waals surface area contributed by atoms with Crippen molar-refractivity contribution in [2.45, 2.75) is 109 Å². The third-order valence-corrected chi connectivity index (χ3v) is 10.7. The maximum atomic E-state index is 12.1. The van der Waals surface area contributed by atoms with E-state index in [2.05, 4.69) is 96.1 Å². The van der Waals surface area contributed by atoms with Crippen LogP contribution in [-0.4, -0.2) is 66.0 Å². The SMILES string of the molecule is CC[C@@H]([C]=O)N1[C@@H](C)CC[C@H]1c1nc(-c2ccc(C#Cc3ccc(-c4c[nH]c([C@@H]5CC[C@H](C)N5[C@](C)([C]=O)C(C)C)n4)cc3)cc2)c[nH]1. The van der Waals surface area contributed by atoms with Gasteiger partial charge in [0, 0.05) is 46.7 Å². The Morgan fingerprint density at radius 2 is 1.29 bits per heavy atom. The summed E-state index contributed by atoms with van der Waals surface area (Å²) in [5, 5.41) is 0. The Kier molecular flexibility index (Phi) is 9.82. The van der Waals surface area contributed by atoms with Gasteiger partial charge in [-0.15, -0.1) is 0 Å². The summed E-state index contributed by atoms with van der Waals surface area (Å²) >= 11 is 0. The molecule has 4 aromatic rings. The van der Waals surface area contributed by atoms with Crippen LogP contribution in [-0.2, 0) is 9.59 Å². The second-order valence-electron chi connectivity index (χ2n) is 13.9. The summed E-state index contributed by atoms with van der Waals surface area (Å²) in [6.07, 6.45) is 13.2. The van der Waals surface area contributed by atoms with Crippen molar-refractivity contribution in [1.29, 1.82) is 0 Å². The highest BCUT2D eigenvalue weighted by Crippen LogP contribution is 2.43. The molecule has 0 bridgehead atoms. The van der Waals surface area contributed by atoms with Crippen LogP contribution in [0.5, 0.6) is 0 Å². The number of carbonyl (C=O) groups excluding carboxylic acids is 2. The van der Waals surface area contributed by atoms with Gasteiger partial charge in [0.1, 0.15) is 11.6 Å². The Morgan fingerprint density at radius 1 is 0.792 bits per heavy atom. The minimum Gasteiger partial charge on any atom is -0.347 e. The monoisotopic (exact) mass is 642 g/mol. The molecule has 8 heteroatoms. The summed E-state index contributed by atoms with van der Waals surface area (Å²) in [7, 11) is 0. The number of hydrogen-bond acceptors (Lipinski definition) is 6. The molecule has 2 fully saturated rings. The number of likely N-dealkylation sites (tertiary alicyclic amines) is 2. The lowest BCUT2D eigenvalue weighted by atomic mass is 9.86. The highest BCUT2D eigenvalue weighted by molar-refractivity contribution is 5.66. The molecule has 4 heterocycles. The number of rotatable bonds is 10. The minimum atomic E-state index is -0.664. The quantitative estimate of drug-likeness (QED) is 0.176. The van der Waals surface area contributed by atoms with Crippen LogP contribution in [0.2, 0.25) is 0 Å². The Bertz CT molecular complexity index is 1780. The molecule has 0 unspecified atom stereocenters. The van der Waals surface area contributed by atoms with Crippen molar-refractivity contribution in [3.8, 4) is 34.4 Å². The third-order valence-electron chi connectivity index (χ3n) is 10.7. The first-order valence-corrected chi connectivity index (χ1v) is 17.3. The van der Waals surface area contributed by atoms with Crippen LogP contribution in [0, 0.1) is 17.8 Å². The largest absolute Gasteiger partial charge is 0.347 e. The van der Waals surface area contributed by atoms with Crippen molar-refractivity contribution in [2.24, 2.45) is 5.92 Å². The fraction of sp³-hybridized carbons (Fsp3) is 0.450. The van der Waals surface area contributed by atoms with Crippen LogP contribution in [0.3, 0.4) is 0 Å². The Hall–Kier alpha value is -4.32. The van der Waals surface area contributed by atoms with Crippen LogP contribution in [0.15, 0.2) is 60.9 Å². The zero-order valence-corrected chi connectivity index (χ0v) is 28.9.